The van der Waals surface area contributed by atoms with Gasteiger partial charge in [-0.05, 0) is 13.0 Å². The summed E-state index contributed by atoms with van der Waals surface area (Å²) in [7, 11) is 1.82. The van der Waals surface area contributed by atoms with Crippen molar-refractivity contribution >= 4 is 0 Å². The Morgan fingerprint density at radius 2 is 2.29 bits per heavy atom. The molecule has 0 bridgehead atoms. The van der Waals surface area contributed by atoms with Crippen molar-refractivity contribution in [2.24, 2.45) is 7.05 Å². The first-order valence-electron chi connectivity index (χ1n) is 4.23. The second-order valence-electron chi connectivity index (χ2n) is 3.11. The van der Waals surface area contributed by atoms with Gasteiger partial charge in [-0.2, -0.15) is 5.10 Å². The van der Waals surface area contributed by atoms with Crippen molar-refractivity contribution in [3.8, 4) is 11.5 Å². The molecule has 0 fully saturated rings. The molecule has 0 unspecified atom stereocenters. The van der Waals surface area contributed by atoms with E-state index in [0.29, 0.717) is 17.2 Å². The first kappa shape index (κ1) is 8.68. The van der Waals surface area contributed by atoms with Gasteiger partial charge in [0.2, 0.25) is 0 Å². The predicted octanol–water partition coefficient (Wildman–Crippen LogP) is 0.479. The van der Waals surface area contributed by atoms with Crippen LogP contribution >= 0.6 is 0 Å². The van der Waals surface area contributed by atoms with Crippen LogP contribution in [0.1, 0.15) is 5.69 Å². The van der Waals surface area contributed by atoms with E-state index in [1.54, 1.807) is 23.9 Å². The van der Waals surface area contributed by atoms with Crippen LogP contribution in [0.15, 0.2) is 23.1 Å². The average molecular weight is 190 g/mol. The zero-order valence-corrected chi connectivity index (χ0v) is 7.98. The maximum Gasteiger partial charge on any atom is 0.251 e. The molecule has 0 aliphatic carbocycles. The maximum absolute atomic E-state index is 11.2. The monoisotopic (exact) mass is 190 g/mol. The van der Waals surface area contributed by atoms with Crippen molar-refractivity contribution in [2.45, 2.75) is 6.92 Å². The Labute approximate surface area is 80.4 Å². The van der Waals surface area contributed by atoms with Crippen LogP contribution in [0.3, 0.4) is 0 Å². The van der Waals surface area contributed by atoms with Crippen LogP contribution in [0.4, 0.5) is 0 Å². The van der Waals surface area contributed by atoms with E-state index in [4.69, 9.17) is 0 Å². The summed E-state index contributed by atoms with van der Waals surface area (Å²) in [4.78, 5) is 18.0. The molecule has 0 amide bonds. The number of H-pyrrole nitrogens is 1. The molecule has 1 N–H and O–H groups in total. The Morgan fingerprint density at radius 3 is 2.86 bits per heavy atom. The molecule has 0 saturated carbocycles. The lowest BCUT2D eigenvalue weighted by Crippen LogP contribution is -2.08. The third-order valence-corrected chi connectivity index (χ3v) is 1.83. The minimum absolute atomic E-state index is 0.154. The van der Waals surface area contributed by atoms with Crippen LogP contribution in [-0.2, 0) is 7.05 Å². The van der Waals surface area contributed by atoms with Crippen molar-refractivity contribution in [1.29, 1.82) is 0 Å². The average Bonchev–Trinajstić information content (AvgIpc) is 2.50. The molecular formula is C9H10N4O. The van der Waals surface area contributed by atoms with E-state index < -0.39 is 0 Å². The summed E-state index contributed by atoms with van der Waals surface area (Å²) in [5.41, 5.74) is 1.21. The van der Waals surface area contributed by atoms with Crippen LogP contribution in [0, 0.1) is 6.92 Å². The van der Waals surface area contributed by atoms with Crippen molar-refractivity contribution in [3.63, 3.8) is 0 Å². The number of hydrogen-bond donors (Lipinski definition) is 1. The Balaban J connectivity index is 2.56. The van der Waals surface area contributed by atoms with Gasteiger partial charge >= 0.3 is 0 Å². The van der Waals surface area contributed by atoms with Crippen molar-refractivity contribution in [1.82, 2.24) is 19.7 Å². The molecular weight excluding hydrogens is 180 g/mol. The molecule has 0 aliphatic heterocycles. The minimum Gasteiger partial charge on any atom is -0.305 e. The summed E-state index contributed by atoms with van der Waals surface area (Å²) in [6, 6.07) is 3.25. The van der Waals surface area contributed by atoms with Crippen LogP contribution in [-0.4, -0.2) is 19.7 Å². The normalized spacial score (nSPS) is 10.4. The highest BCUT2D eigenvalue weighted by Gasteiger charge is 2.04. The summed E-state index contributed by atoms with van der Waals surface area (Å²) < 4.78 is 1.66. The number of hydrogen-bond acceptors (Lipinski definition) is 3. The van der Waals surface area contributed by atoms with Gasteiger partial charge in [0.25, 0.3) is 5.56 Å². The highest BCUT2D eigenvalue weighted by molar-refractivity contribution is 5.47. The van der Waals surface area contributed by atoms with Gasteiger partial charge in [-0.3, -0.25) is 9.48 Å². The first-order valence-corrected chi connectivity index (χ1v) is 4.23. The lowest BCUT2D eigenvalue weighted by molar-refractivity contribution is 0.768. The second-order valence-corrected chi connectivity index (χ2v) is 3.11. The zero-order chi connectivity index (χ0) is 10.1. The Kier molecular flexibility index (Phi) is 1.92. The molecule has 0 aromatic carbocycles. The fraction of sp³-hybridized carbons (Fsp3) is 0.222. The van der Waals surface area contributed by atoms with Gasteiger partial charge in [-0.15, -0.1) is 0 Å². The third-order valence-electron chi connectivity index (χ3n) is 1.83. The van der Waals surface area contributed by atoms with Gasteiger partial charge in [0, 0.05) is 25.0 Å². The zero-order valence-electron chi connectivity index (χ0n) is 7.98. The predicted molar refractivity (Wildman–Crippen MR) is 51.8 cm³/mol. The number of rotatable bonds is 1. The number of aromatic nitrogens is 4. The van der Waals surface area contributed by atoms with E-state index in [0.717, 1.165) is 0 Å². The van der Waals surface area contributed by atoms with Gasteiger partial charge in [-0.25, -0.2) is 4.98 Å². The molecule has 14 heavy (non-hydrogen) atoms. The molecule has 0 saturated heterocycles. The number of nitrogens with one attached hydrogen (secondary N) is 1. The Hall–Kier alpha value is -1.91. The van der Waals surface area contributed by atoms with E-state index in [2.05, 4.69) is 15.1 Å². The van der Waals surface area contributed by atoms with Gasteiger partial charge in [0.15, 0.2) is 5.82 Å². The van der Waals surface area contributed by atoms with E-state index >= 15 is 0 Å². The number of aromatic amines is 1. The van der Waals surface area contributed by atoms with E-state index in [-0.39, 0.29) is 5.56 Å². The molecule has 2 aromatic heterocycles. The first-order chi connectivity index (χ1) is 6.65. The summed E-state index contributed by atoms with van der Waals surface area (Å²) in [5, 5.41) is 4.15. The molecule has 0 atom stereocenters. The number of aryl methyl sites for hydroxylation is 2. The summed E-state index contributed by atoms with van der Waals surface area (Å²) in [5.74, 6) is 0.510. The summed E-state index contributed by atoms with van der Waals surface area (Å²) in [6.45, 7) is 1.78. The Morgan fingerprint density at radius 1 is 1.50 bits per heavy atom. The van der Waals surface area contributed by atoms with Crippen LogP contribution in [0.25, 0.3) is 11.5 Å². The highest BCUT2D eigenvalue weighted by atomic mass is 16.1. The minimum atomic E-state index is -0.154. The Bertz CT molecular complexity index is 512. The smallest absolute Gasteiger partial charge is 0.251 e. The quantitative estimate of drug-likeness (QED) is 0.711. The molecule has 5 nitrogen and oxygen atoms in total. The molecule has 2 heterocycles. The van der Waals surface area contributed by atoms with E-state index in [9.17, 15) is 4.79 Å². The second kappa shape index (κ2) is 3.10. The SMILES string of the molecule is Cc1cc(=O)[nH]c(-c2ccn(C)n2)n1. The van der Waals surface area contributed by atoms with Gasteiger partial charge in [0.05, 0.1) is 0 Å². The van der Waals surface area contributed by atoms with Crippen molar-refractivity contribution in [2.75, 3.05) is 0 Å². The molecule has 2 rings (SSSR count). The molecule has 5 heteroatoms. The molecule has 72 valence electrons. The van der Waals surface area contributed by atoms with Crippen molar-refractivity contribution in [3.05, 3.63) is 34.4 Å². The highest BCUT2D eigenvalue weighted by Crippen LogP contribution is 2.08. The number of nitrogens with zero attached hydrogens (tertiary/aromatic N) is 3. The fourth-order valence-corrected chi connectivity index (χ4v) is 1.24. The summed E-state index contributed by atoms with van der Waals surface area (Å²) >= 11 is 0. The third kappa shape index (κ3) is 1.56. The molecule has 0 aliphatic rings. The molecule has 0 spiro atoms. The summed E-state index contributed by atoms with van der Waals surface area (Å²) in [6.07, 6.45) is 1.80. The lowest BCUT2D eigenvalue weighted by atomic mass is 10.4. The van der Waals surface area contributed by atoms with Gasteiger partial charge < -0.3 is 4.98 Å². The lowest BCUT2D eigenvalue weighted by Gasteiger charge is -1.96. The van der Waals surface area contributed by atoms with E-state index in [1.165, 1.54) is 6.07 Å². The van der Waals surface area contributed by atoms with Gasteiger partial charge in [-0.1, -0.05) is 0 Å². The van der Waals surface area contributed by atoms with Crippen molar-refractivity contribution < 1.29 is 0 Å². The van der Waals surface area contributed by atoms with Gasteiger partial charge in [0.1, 0.15) is 5.69 Å². The van der Waals surface area contributed by atoms with Crippen LogP contribution in [0.2, 0.25) is 0 Å². The molecule has 2 aromatic rings. The maximum atomic E-state index is 11.2. The molecule has 0 radical (unpaired) electrons. The van der Waals surface area contributed by atoms with Crippen LogP contribution < -0.4 is 5.56 Å². The van der Waals surface area contributed by atoms with Crippen LogP contribution in [0.5, 0.6) is 0 Å². The largest absolute Gasteiger partial charge is 0.305 e. The standard InChI is InChI=1S/C9H10N4O/c1-6-5-8(14)11-9(10-6)7-3-4-13(2)12-7/h3-5H,1-2H3,(H,10,11,14). The van der Waals surface area contributed by atoms with E-state index in [1.807, 2.05) is 7.05 Å². The topological polar surface area (TPSA) is 63.6 Å². The fourth-order valence-electron chi connectivity index (χ4n) is 1.24.